The van der Waals surface area contributed by atoms with Gasteiger partial charge in [-0.2, -0.15) is 0 Å². The zero-order valence-corrected chi connectivity index (χ0v) is 14.5. The zero-order chi connectivity index (χ0) is 19.0. The topological polar surface area (TPSA) is 140 Å². The van der Waals surface area contributed by atoms with Crippen molar-refractivity contribution < 1.29 is 9.90 Å². The van der Waals surface area contributed by atoms with Crippen LogP contribution in [-0.4, -0.2) is 32.2 Å². The van der Waals surface area contributed by atoms with Crippen LogP contribution in [0.5, 0.6) is 0 Å². The van der Waals surface area contributed by atoms with Crippen LogP contribution in [0.2, 0.25) is 0 Å². The van der Waals surface area contributed by atoms with Crippen LogP contribution >= 0.6 is 0 Å². The number of aliphatic carboxylic acids is 1. The number of para-hydroxylation sites is 1. The van der Waals surface area contributed by atoms with Gasteiger partial charge < -0.3 is 22.3 Å². The lowest BCUT2D eigenvalue weighted by Gasteiger charge is -1.98. The SMILES string of the molecule is CN.CN.CN.O=C(O)C1=Cc2cc3c(cc2=N1)-c1ccccc1N=3. The molecule has 7 N–H and O–H groups in total. The van der Waals surface area contributed by atoms with Gasteiger partial charge in [-0.15, -0.1) is 0 Å². The molecule has 0 saturated carbocycles. The number of benzene rings is 2. The maximum absolute atomic E-state index is 10.9. The highest BCUT2D eigenvalue weighted by Crippen LogP contribution is 2.31. The minimum atomic E-state index is -1.01. The van der Waals surface area contributed by atoms with E-state index >= 15 is 0 Å². The number of fused-ring (bicyclic) bond motifs is 4. The first kappa shape index (κ1) is 20.2. The third-order valence-electron chi connectivity index (χ3n) is 3.33. The van der Waals surface area contributed by atoms with E-state index in [0.717, 1.165) is 27.7 Å². The zero-order valence-electron chi connectivity index (χ0n) is 14.5. The molecule has 0 amide bonds. The summed E-state index contributed by atoms with van der Waals surface area (Å²) in [6.45, 7) is 0. The highest BCUT2D eigenvalue weighted by Gasteiger charge is 2.18. The van der Waals surface area contributed by atoms with Crippen LogP contribution in [0, 0.1) is 0 Å². The van der Waals surface area contributed by atoms with Crippen LogP contribution in [0.15, 0.2) is 52.1 Å². The average Bonchev–Trinajstić information content (AvgIpc) is 3.25. The molecule has 25 heavy (non-hydrogen) atoms. The molecule has 0 bridgehead atoms. The normalized spacial score (nSPS) is 11.2. The van der Waals surface area contributed by atoms with Crippen molar-refractivity contribution in [1.82, 2.24) is 0 Å². The van der Waals surface area contributed by atoms with E-state index in [9.17, 15) is 4.79 Å². The molecule has 2 aromatic rings. The molecule has 0 spiro atoms. The second-order valence-corrected chi connectivity index (χ2v) is 4.50. The Morgan fingerprint density at radius 3 is 2.16 bits per heavy atom. The molecule has 0 saturated heterocycles. The quantitative estimate of drug-likeness (QED) is 0.507. The Morgan fingerprint density at radius 1 is 0.880 bits per heavy atom. The van der Waals surface area contributed by atoms with Crippen molar-refractivity contribution >= 4 is 17.7 Å². The summed E-state index contributed by atoms with van der Waals surface area (Å²) in [6, 6.07) is 11.7. The van der Waals surface area contributed by atoms with Crippen LogP contribution in [0.4, 0.5) is 5.69 Å². The third kappa shape index (κ3) is 3.97. The minimum absolute atomic E-state index is 0.0759. The number of hydrogen-bond acceptors (Lipinski definition) is 6. The minimum Gasteiger partial charge on any atom is -0.477 e. The molecule has 0 aliphatic carbocycles. The predicted molar refractivity (Wildman–Crippen MR) is 99.8 cm³/mol. The van der Waals surface area contributed by atoms with E-state index in [1.807, 2.05) is 36.4 Å². The Kier molecular flexibility index (Phi) is 7.61. The molecule has 7 nitrogen and oxygen atoms in total. The lowest BCUT2D eigenvalue weighted by Crippen LogP contribution is -2.12. The summed E-state index contributed by atoms with van der Waals surface area (Å²) in [6.07, 6.45) is 1.58. The van der Waals surface area contributed by atoms with Gasteiger partial charge >= 0.3 is 5.97 Å². The number of hydrogen-bond donors (Lipinski definition) is 4. The highest BCUT2D eigenvalue weighted by atomic mass is 16.4. The van der Waals surface area contributed by atoms with Crippen LogP contribution in [0.25, 0.3) is 17.2 Å². The van der Waals surface area contributed by atoms with Crippen LogP contribution in [-0.2, 0) is 4.79 Å². The van der Waals surface area contributed by atoms with Gasteiger partial charge in [-0.3, -0.25) is 0 Å². The number of nitrogens with two attached hydrogens (primary N) is 3. The van der Waals surface area contributed by atoms with E-state index in [1.165, 1.54) is 21.1 Å². The summed E-state index contributed by atoms with van der Waals surface area (Å²) >= 11 is 0. The fourth-order valence-corrected chi connectivity index (χ4v) is 2.46. The average molecular weight is 341 g/mol. The van der Waals surface area contributed by atoms with Crippen LogP contribution in [0.1, 0.15) is 5.56 Å². The van der Waals surface area contributed by atoms with Gasteiger partial charge in [-0.25, -0.2) is 14.8 Å². The second-order valence-electron chi connectivity index (χ2n) is 4.50. The smallest absolute Gasteiger partial charge is 0.354 e. The number of nitrogens with zero attached hydrogens (tertiary/aromatic N) is 2. The second kappa shape index (κ2) is 9.43. The lowest BCUT2D eigenvalue weighted by atomic mass is 10.0. The molecule has 0 atom stereocenters. The van der Waals surface area contributed by atoms with E-state index in [4.69, 9.17) is 5.11 Å². The summed E-state index contributed by atoms with van der Waals surface area (Å²) < 4.78 is 0. The molecule has 0 fully saturated rings. The van der Waals surface area contributed by atoms with Crippen LogP contribution in [0.3, 0.4) is 0 Å². The van der Waals surface area contributed by atoms with E-state index in [2.05, 4.69) is 27.2 Å². The number of carboxylic acid groups (broad SMARTS) is 1. The van der Waals surface area contributed by atoms with Gasteiger partial charge in [0.05, 0.1) is 16.4 Å². The monoisotopic (exact) mass is 341 g/mol. The van der Waals surface area contributed by atoms with Gasteiger partial charge in [0, 0.05) is 16.7 Å². The molecule has 132 valence electrons. The number of carbonyl (C=O) groups is 1. The van der Waals surface area contributed by atoms with Crippen molar-refractivity contribution in [2.45, 2.75) is 0 Å². The van der Waals surface area contributed by atoms with Gasteiger partial charge in [0.15, 0.2) is 0 Å². The highest BCUT2D eigenvalue weighted by molar-refractivity contribution is 5.93. The van der Waals surface area contributed by atoms with E-state index in [-0.39, 0.29) is 5.70 Å². The Balaban J connectivity index is 0.000000475. The summed E-state index contributed by atoms with van der Waals surface area (Å²) in [5.74, 6) is -1.01. The standard InChI is InChI=1S/C15H8N2O2.3CH5N/c18-15(19)14-6-8-5-13-10(7-12(8)17-14)9-3-1-2-4-11(9)16-13;3*1-2/h1-7H,(H,18,19);3*2H2,1H3. The van der Waals surface area contributed by atoms with Crippen molar-refractivity contribution in [1.29, 1.82) is 0 Å². The Labute approximate surface area is 146 Å². The van der Waals surface area contributed by atoms with E-state index in [0.29, 0.717) is 5.36 Å². The van der Waals surface area contributed by atoms with Gasteiger partial charge in [-0.05, 0) is 45.4 Å². The van der Waals surface area contributed by atoms with Crippen molar-refractivity contribution in [2.24, 2.45) is 27.2 Å². The molecule has 2 aromatic carbocycles. The van der Waals surface area contributed by atoms with E-state index < -0.39 is 5.97 Å². The van der Waals surface area contributed by atoms with Crippen molar-refractivity contribution in [3.63, 3.8) is 0 Å². The molecular formula is C18H23N5O2. The van der Waals surface area contributed by atoms with Gasteiger partial charge in [-0.1, -0.05) is 18.2 Å². The fraction of sp³-hybridized carbons (Fsp3) is 0.167. The summed E-state index contributed by atoms with van der Waals surface area (Å²) in [5, 5.41) is 10.5. The molecular weight excluding hydrogens is 318 g/mol. The van der Waals surface area contributed by atoms with Crippen molar-refractivity contribution in [3.8, 4) is 11.1 Å². The summed E-state index contributed by atoms with van der Waals surface area (Å²) in [7, 11) is 4.50. The third-order valence-corrected chi connectivity index (χ3v) is 3.33. The molecule has 2 heterocycles. The molecule has 2 aliphatic heterocycles. The molecule has 0 unspecified atom stereocenters. The largest absolute Gasteiger partial charge is 0.477 e. The fourth-order valence-electron chi connectivity index (χ4n) is 2.46. The summed E-state index contributed by atoms with van der Waals surface area (Å²) in [5.41, 5.74) is 17.4. The Hall–Kier alpha value is -2.87. The van der Waals surface area contributed by atoms with Gasteiger partial charge in [0.25, 0.3) is 0 Å². The first-order valence-electron chi connectivity index (χ1n) is 7.61. The molecule has 7 heteroatoms. The first-order valence-corrected chi connectivity index (χ1v) is 7.61. The lowest BCUT2D eigenvalue weighted by molar-refractivity contribution is -0.132. The van der Waals surface area contributed by atoms with Crippen LogP contribution < -0.4 is 27.9 Å². The molecule has 0 radical (unpaired) electrons. The number of carboxylic acids is 1. The summed E-state index contributed by atoms with van der Waals surface area (Å²) in [4.78, 5) is 19.6. The maximum atomic E-state index is 10.9. The number of rotatable bonds is 1. The molecule has 4 rings (SSSR count). The van der Waals surface area contributed by atoms with Crippen molar-refractivity contribution in [2.75, 3.05) is 21.1 Å². The Bertz CT molecular complexity index is 904. The maximum Gasteiger partial charge on any atom is 0.354 e. The van der Waals surface area contributed by atoms with Crippen molar-refractivity contribution in [3.05, 3.63) is 58.4 Å². The Morgan fingerprint density at radius 2 is 1.52 bits per heavy atom. The van der Waals surface area contributed by atoms with E-state index in [1.54, 1.807) is 6.08 Å². The predicted octanol–water partition coefficient (Wildman–Crippen LogP) is 0.402. The molecule has 0 aromatic heterocycles. The molecule has 2 aliphatic rings. The van der Waals surface area contributed by atoms with Gasteiger partial charge in [0.2, 0.25) is 0 Å². The first-order chi connectivity index (χ1) is 12.2. The van der Waals surface area contributed by atoms with Gasteiger partial charge in [0.1, 0.15) is 5.70 Å².